The molecule has 0 saturated heterocycles. The van der Waals surface area contributed by atoms with E-state index in [0.717, 1.165) is 25.7 Å². The van der Waals surface area contributed by atoms with E-state index in [1.54, 1.807) is 0 Å². The van der Waals surface area contributed by atoms with E-state index >= 15 is 0 Å². The lowest BCUT2D eigenvalue weighted by Gasteiger charge is -2.27. The van der Waals surface area contributed by atoms with Gasteiger partial charge >= 0.3 is 0 Å². The highest BCUT2D eigenvalue weighted by Gasteiger charge is 2.29. The summed E-state index contributed by atoms with van der Waals surface area (Å²) in [4.78, 5) is 23.3. The monoisotopic (exact) mass is 210 g/mol. The molecular formula is C13H22O2. The molecule has 0 atom stereocenters. The highest BCUT2D eigenvalue weighted by atomic mass is 16.1. The van der Waals surface area contributed by atoms with Crippen molar-refractivity contribution in [2.45, 2.75) is 52.9 Å². The average molecular weight is 210 g/mol. The maximum Gasteiger partial charge on any atom is 0.138 e. The van der Waals surface area contributed by atoms with Crippen LogP contribution in [-0.2, 0) is 9.59 Å². The van der Waals surface area contributed by atoms with Gasteiger partial charge < -0.3 is 0 Å². The van der Waals surface area contributed by atoms with Crippen molar-refractivity contribution in [2.75, 3.05) is 0 Å². The lowest BCUT2D eigenvalue weighted by Crippen LogP contribution is -2.27. The van der Waals surface area contributed by atoms with Gasteiger partial charge in [0.05, 0.1) is 0 Å². The molecule has 0 aliphatic heterocycles. The van der Waals surface area contributed by atoms with Crippen molar-refractivity contribution in [1.29, 1.82) is 0 Å². The first-order valence-corrected chi connectivity index (χ1v) is 6.12. The molecule has 0 heterocycles. The van der Waals surface area contributed by atoms with Gasteiger partial charge in [0.15, 0.2) is 0 Å². The Morgan fingerprint density at radius 1 is 1.07 bits per heavy atom. The van der Waals surface area contributed by atoms with E-state index in [9.17, 15) is 9.59 Å². The molecule has 0 aromatic rings. The van der Waals surface area contributed by atoms with Crippen LogP contribution >= 0.6 is 0 Å². The van der Waals surface area contributed by atoms with E-state index in [-0.39, 0.29) is 17.8 Å². The molecule has 0 unspecified atom stereocenters. The molecule has 0 aromatic heterocycles. The molecule has 0 aromatic carbocycles. The van der Waals surface area contributed by atoms with Gasteiger partial charge in [0.2, 0.25) is 0 Å². The van der Waals surface area contributed by atoms with Crippen molar-refractivity contribution in [3.05, 3.63) is 0 Å². The number of rotatable bonds is 4. The van der Waals surface area contributed by atoms with E-state index in [0.29, 0.717) is 18.0 Å². The van der Waals surface area contributed by atoms with Gasteiger partial charge in [-0.2, -0.15) is 0 Å². The summed E-state index contributed by atoms with van der Waals surface area (Å²) in [7, 11) is 0. The second kappa shape index (κ2) is 5.43. The second-order valence-corrected chi connectivity index (χ2v) is 4.93. The van der Waals surface area contributed by atoms with E-state index in [2.05, 4.69) is 0 Å². The molecule has 0 bridgehead atoms. The van der Waals surface area contributed by atoms with Crippen LogP contribution in [0.15, 0.2) is 0 Å². The zero-order valence-electron chi connectivity index (χ0n) is 10.1. The van der Waals surface area contributed by atoms with E-state index in [1.165, 1.54) is 0 Å². The number of carbonyl (C=O) groups is 2. The highest BCUT2D eigenvalue weighted by molar-refractivity contribution is 5.84. The van der Waals surface area contributed by atoms with Crippen molar-refractivity contribution in [3.8, 4) is 0 Å². The summed E-state index contributed by atoms with van der Waals surface area (Å²) in [5, 5.41) is 0. The Bertz CT molecular complexity index is 235. The summed E-state index contributed by atoms with van der Waals surface area (Å²) in [6.07, 6.45) is 4.35. The van der Waals surface area contributed by atoms with Crippen LogP contribution in [0.4, 0.5) is 0 Å². The van der Waals surface area contributed by atoms with Gasteiger partial charge in [0.1, 0.15) is 11.6 Å². The fraction of sp³-hybridized carbons (Fsp3) is 0.846. The van der Waals surface area contributed by atoms with Gasteiger partial charge in [-0.1, -0.05) is 20.8 Å². The maximum absolute atomic E-state index is 11.8. The molecule has 1 saturated carbocycles. The predicted molar refractivity (Wildman–Crippen MR) is 60.6 cm³/mol. The third-order valence-electron chi connectivity index (χ3n) is 3.50. The maximum atomic E-state index is 11.8. The van der Waals surface area contributed by atoms with E-state index in [1.807, 2.05) is 20.8 Å². The van der Waals surface area contributed by atoms with Gasteiger partial charge in [-0.05, 0) is 25.7 Å². The normalized spacial score (nSPS) is 26.7. The predicted octanol–water partition coefficient (Wildman–Crippen LogP) is 3.00. The number of ketones is 2. The largest absolute Gasteiger partial charge is 0.299 e. The van der Waals surface area contributed by atoms with Crippen molar-refractivity contribution < 1.29 is 9.59 Å². The fourth-order valence-corrected chi connectivity index (χ4v) is 2.46. The minimum atomic E-state index is 0.147. The number of Topliss-reactive ketones (excluding diaryl/α,β-unsaturated/α-hetero) is 2. The smallest absolute Gasteiger partial charge is 0.138 e. The first-order valence-electron chi connectivity index (χ1n) is 6.12. The minimum absolute atomic E-state index is 0.147. The molecule has 1 fully saturated rings. The lowest BCUT2D eigenvalue weighted by molar-refractivity contribution is -0.129. The third-order valence-corrected chi connectivity index (χ3v) is 3.50. The van der Waals surface area contributed by atoms with Crippen molar-refractivity contribution in [2.24, 2.45) is 17.8 Å². The van der Waals surface area contributed by atoms with Crippen LogP contribution < -0.4 is 0 Å². The van der Waals surface area contributed by atoms with Gasteiger partial charge in [0.25, 0.3) is 0 Å². The van der Waals surface area contributed by atoms with Crippen molar-refractivity contribution >= 4 is 11.6 Å². The molecule has 1 rings (SSSR count). The van der Waals surface area contributed by atoms with Crippen LogP contribution in [0, 0.1) is 17.8 Å². The van der Waals surface area contributed by atoms with Crippen molar-refractivity contribution in [1.82, 2.24) is 0 Å². The molecule has 86 valence electrons. The zero-order valence-corrected chi connectivity index (χ0v) is 10.1. The lowest BCUT2D eigenvalue weighted by atomic mass is 9.76. The molecule has 1 aliphatic carbocycles. The number of carbonyl (C=O) groups excluding carboxylic acids is 2. The standard InChI is InChI=1S/C13H22O2/c1-4-12(14)10-5-7-11(8-6-10)13(15)9(2)3/h9-11H,4-8H2,1-3H3. The molecule has 2 nitrogen and oxygen atoms in total. The highest BCUT2D eigenvalue weighted by Crippen LogP contribution is 2.31. The summed E-state index contributed by atoms with van der Waals surface area (Å²) in [6.45, 7) is 5.85. The van der Waals surface area contributed by atoms with Gasteiger partial charge in [-0.3, -0.25) is 9.59 Å². The van der Waals surface area contributed by atoms with Crippen LogP contribution in [-0.4, -0.2) is 11.6 Å². The van der Waals surface area contributed by atoms with E-state index < -0.39 is 0 Å². The molecule has 0 N–H and O–H groups in total. The van der Waals surface area contributed by atoms with Crippen LogP contribution in [0.2, 0.25) is 0 Å². The molecule has 2 heteroatoms. The van der Waals surface area contributed by atoms with Crippen LogP contribution in [0.3, 0.4) is 0 Å². The summed E-state index contributed by atoms with van der Waals surface area (Å²) in [6, 6.07) is 0. The van der Waals surface area contributed by atoms with E-state index in [4.69, 9.17) is 0 Å². The molecule has 0 spiro atoms. The van der Waals surface area contributed by atoms with Crippen LogP contribution in [0.25, 0.3) is 0 Å². The molecule has 15 heavy (non-hydrogen) atoms. The first kappa shape index (κ1) is 12.4. The quantitative estimate of drug-likeness (QED) is 0.714. The van der Waals surface area contributed by atoms with Gasteiger partial charge in [-0.25, -0.2) is 0 Å². The third kappa shape index (κ3) is 3.15. The summed E-state index contributed by atoms with van der Waals surface area (Å²) in [5.41, 5.74) is 0. The van der Waals surface area contributed by atoms with Crippen LogP contribution in [0.5, 0.6) is 0 Å². The summed E-state index contributed by atoms with van der Waals surface area (Å²) < 4.78 is 0. The molecule has 1 aliphatic rings. The Hall–Kier alpha value is -0.660. The zero-order chi connectivity index (χ0) is 11.4. The SMILES string of the molecule is CCC(=O)C1CCC(C(=O)C(C)C)CC1. The first-order chi connectivity index (χ1) is 7.06. The Balaban J connectivity index is 2.42. The average Bonchev–Trinajstić information content (AvgIpc) is 2.27. The molecular weight excluding hydrogens is 188 g/mol. The Kier molecular flexibility index (Phi) is 4.49. The summed E-state index contributed by atoms with van der Waals surface area (Å²) in [5.74, 6) is 1.38. The second-order valence-electron chi connectivity index (χ2n) is 4.93. The van der Waals surface area contributed by atoms with Crippen molar-refractivity contribution in [3.63, 3.8) is 0 Å². The minimum Gasteiger partial charge on any atom is -0.299 e. The topological polar surface area (TPSA) is 34.1 Å². The Morgan fingerprint density at radius 3 is 1.93 bits per heavy atom. The Morgan fingerprint density at radius 2 is 1.53 bits per heavy atom. The molecule has 0 amide bonds. The van der Waals surface area contributed by atoms with Gasteiger partial charge in [-0.15, -0.1) is 0 Å². The number of hydrogen-bond acceptors (Lipinski definition) is 2. The molecule has 0 radical (unpaired) electrons. The number of hydrogen-bond donors (Lipinski definition) is 0. The van der Waals surface area contributed by atoms with Gasteiger partial charge in [0, 0.05) is 24.2 Å². The fourth-order valence-electron chi connectivity index (χ4n) is 2.46. The summed E-state index contributed by atoms with van der Waals surface area (Å²) >= 11 is 0. The Labute approximate surface area is 92.4 Å². The van der Waals surface area contributed by atoms with Crippen LogP contribution in [0.1, 0.15) is 52.9 Å².